The number of sulfone groups is 1. The van der Waals surface area contributed by atoms with E-state index in [9.17, 15) is 8.42 Å². The number of methoxy groups -OCH3 is 3. The molecule has 2 aromatic carbocycles. The van der Waals surface area contributed by atoms with Gasteiger partial charge in [-0.05, 0) is 31.2 Å². The molecule has 0 aliphatic rings. The molecule has 0 aliphatic carbocycles. The average Bonchev–Trinajstić information content (AvgIpc) is 2.53. The Morgan fingerprint density at radius 2 is 1.36 bits per heavy atom. The second-order valence-electron chi connectivity index (χ2n) is 4.65. The molecule has 0 fully saturated rings. The normalized spacial score (nSPS) is 11.1. The zero-order chi connectivity index (χ0) is 16.3. The van der Waals surface area contributed by atoms with Crippen LogP contribution in [-0.2, 0) is 9.84 Å². The molecule has 0 aromatic heterocycles. The van der Waals surface area contributed by atoms with E-state index in [1.807, 2.05) is 6.92 Å². The van der Waals surface area contributed by atoms with E-state index < -0.39 is 9.84 Å². The van der Waals surface area contributed by atoms with Crippen LogP contribution in [-0.4, -0.2) is 29.7 Å². The first-order chi connectivity index (χ1) is 10.5. The highest BCUT2D eigenvalue weighted by molar-refractivity contribution is 7.91. The monoisotopic (exact) mass is 322 g/mol. The second-order valence-corrected chi connectivity index (χ2v) is 6.57. The van der Waals surface area contributed by atoms with Gasteiger partial charge in [0, 0.05) is 0 Å². The molecule has 0 aliphatic heterocycles. The van der Waals surface area contributed by atoms with Gasteiger partial charge in [0.15, 0.2) is 11.5 Å². The van der Waals surface area contributed by atoms with E-state index in [-0.39, 0.29) is 21.3 Å². The van der Waals surface area contributed by atoms with Gasteiger partial charge in [0.2, 0.25) is 15.6 Å². The van der Waals surface area contributed by atoms with Crippen LogP contribution in [0.1, 0.15) is 5.56 Å². The highest BCUT2D eigenvalue weighted by Gasteiger charge is 2.26. The highest BCUT2D eigenvalue weighted by Crippen LogP contribution is 2.43. The number of ether oxygens (including phenoxy) is 3. The molecule has 0 atom stereocenters. The molecule has 22 heavy (non-hydrogen) atoms. The lowest BCUT2D eigenvalue weighted by Crippen LogP contribution is -2.06. The Bertz CT molecular complexity index is 764. The van der Waals surface area contributed by atoms with Crippen molar-refractivity contribution in [3.63, 3.8) is 0 Å². The maximum absolute atomic E-state index is 12.8. The Balaban J connectivity index is 2.68. The van der Waals surface area contributed by atoms with E-state index in [0.717, 1.165) is 5.56 Å². The van der Waals surface area contributed by atoms with Crippen LogP contribution in [0, 0.1) is 6.92 Å². The molecule has 5 nitrogen and oxygen atoms in total. The Morgan fingerprint density at radius 1 is 0.773 bits per heavy atom. The van der Waals surface area contributed by atoms with E-state index in [0.29, 0.717) is 5.75 Å². The molecule has 2 rings (SSSR count). The Hall–Kier alpha value is -2.21. The van der Waals surface area contributed by atoms with Gasteiger partial charge >= 0.3 is 0 Å². The van der Waals surface area contributed by atoms with Crippen molar-refractivity contribution >= 4 is 9.84 Å². The third-order valence-corrected chi connectivity index (χ3v) is 5.08. The van der Waals surface area contributed by atoms with Crippen molar-refractivity contribution in [3.05, 3.63) is 42.0 Å². The maximum atomic E-state index is 12.8. The number of aryl methyl sites for hydroxylation is 1. The van der Waals surface area contributed by atoms with E-state index >= 15 is 0 Å². The first kappa shape index (κ1) is 16.2. The average molecular weight is 322 g/mol. The van der Waals surface area contributed by atoms with E-state index in [4.69, 9.17) is 14.2 Å². The van der Waals surface area contributed by atoms with Gasteiger partial charge in [-0.15, -0.1) is 0 Å². The minimum absolute atomic E-state index is 0.0384. The first-order valence-corrected chi connectivity index (χ1v) is 8.04. The molecule has 6 heteroatoms. The summed E-state index contributed by atoms with van der Waals surface area (Å²) in [5.74, 6) is 0.780. The summed E-state index contributed by atoms with van der Waals surface area (Å²) in [5, 5.41) is 0. The van der Waals surface area contributed by atoms with Gasteiger partial charge in [-0.25, -0.2) is 8.42 Å². The lowest BCUT2D eigenvalue weighted by Gasteiger charge is -2.16. The Labute approximate surface area is 130 Å². The number of benzene rings is 2. The Kier molecular flexibility index (Phi) is 4.61. The van der Waals surface area contributed by atoms with Gasteiger partial charge in [-0.3, -0.25) is 0 Å². The van der Waals surface area contributed by atoms with Gasteiger partial charge in [0.05, 0.1) is 26.2 Å². The van der Waals surface area contributed by atoms with Crippen LogP contribution in [0.5, 0.6) is 17.2 Å². The lowest BCUT2D eigenvalue weighted by atomic mass is 10.2. The SMILES string of the molecule is COc1ccc(S(=O)(=O)c2ccc(C)cc2)c(OC)c1OC. The van der Waals surface area contributed by atoms with E-state index in [1.165, 1.54) is 27.4 Å². The summed E-state index contributed by atoms with van der Waals surface area (Å²) in [6, 6.07) is 9.64. The first-order valence-electron chi connectivity index (χ1n) is 6.56. The fourth-order valence-electron chi connectivity index (χ4n) is 2.13. The minimum atomic E-state index is -3.72. The number of rotatable bonds is 5. The topological polar surface area (TPSA) is 61.8 Å². The third kappa shape index (κ3) is 2.74. The zero-order valence-electron chi connectivity index (χ0n) is 12.9. The predicted molar refractivity (Wildman–Crippen MR) is 82.7 cm³/mol. The molecule has 2 aromatic rings. The summed E-state index contributed by atoms with van der Waals surface area (Å²) < 4.78 is 41.3. The van der Waals surface area contributed by atoms with Gasteiger partial charge in [-0.2, -0.15) is 0 Å². The summed E-state index contributed by atoms with van der Waals surface area (Å²) in [6.07, 6.45) is 0. The summed E-state index contributed by atoms with van der Waals surface area (Å²) >= 11 is 0. The third-order valence-electron chi connectivity index (χ3n) is 3.29. The molecular formula is C16H18O5S. The van der Waals surface area contributed by atoms with Crippen molar-refractivity contribution in [1.29, 1.82) is 0 Å². The van der Waals surface area contributed by atoms with Crippen LogP contribution in [0.25, 0.3) is 0 Å². The second kappa shape index (κ2) is 6.27. The van der Waals surface area contributed by atoms with Crippen LogP contribution < -0.4 is 14.2 Å². The molecule has 0 unspecified atom stereocenters. The zero-order valence-corrected chi connectivity index (χ0v) is 13.7. The van der Waals surface area contributed by atoms with Crippen LogP contribution in [0.3, 0.4) is 0 Å². The molecule has 0 spiro atoms. The minimum Gasteiger partial charge on any atom is -0.493 e. The summed E-state index contributed by atoms with van der Waals surface area (Å²) in [4.78, 5) is 0.236. The molecule has 0 bridgehead atoms. The summed E-state index contributed by atoms with van der Waals surface area (Å²) in [7, 11) is 0.588. The van der Waals surface area contributed by atoms with Crippen molar-refractivity contribution in [2.45, 2.75) is 16.7 Å². The van der Waals surface area contributed by atoms with Crippen molar-refractivity contribution in [2.75, 3.05) is 21.3 Å². The van der Waals surface area contributed by atoms with Crippen LogP contribution in [0.4, 0.5) is 0 Å². The standard InChI is InChI=1S/C16H18O5S/c1-11-5-7-12(8-6-11)22(17,18)14-10-9-13(19-2)15(20-3)16(14)21-4/h5-10H,1-4H3. The smallest absolute Gasteiger partial charge is 0.210 e. The summed E-state index contributed by atoms with van der Waals surface area (Å²) in [5.41, 5.74) is 0.984. The quantitative estimate of drug-likeness (QED) is 0.847. The van der Waals surface area contributed by atoms with Gasteiger partial charge in [0.1, 0.15) is 4.90 Å². The molecular weight excluding hydrogens is 304 g/mol. The van der Waals surface area contributed by atoms with Crippen LogP contribution in [0.2, 0.25) is 0 Å². The molecule has 0 N–H and O–H groups in total. The summed E-state index contributed by atoms with van der Waals surface area (Å²) in [6.45, 7) is 1.90. The lowest BCUT2D eigenvalue weighted by molar-refractivity contribution is 0.318. The molecule has 118 valence electrons. The van der Waals surface area contributed by atoms with Crippen molar-refractivity contribution in [3.8, 4) is 17.2 Å². The van der Waals surface area contributed by atoms with Crippen molar-refractivity contribution in [2.24, 2.45) is 0 Å². The largest absolute Gasteiger partial charge is 0.493 e. The molecule has 0 saturated heterocycles. The van der Waals surface area contributed by atoms with Gasteiger partial charge < -0.3 is 14.2 Å². The van der Waals surface area contributed by atoms with Gasteiger partial charge in [0.25, 0.3) is 0 Å². The molecule has 0 heterocycles. The molecule has 0 radical (unpaired) electrons. The fourth-order valence-corrected chi connectivity index (χ4v) is 3.55. The van der Waals surface area contributed by atoms with Gasteiger partial charge in [-0.1, -0.05) is 17.7 Å². The highest BCUT2D eigenvalue weighted by atomic mass is 32.2. The molecule has 0 amide bonds. The van der Waals surface area contributed by atoms with Crippen molar-refractivity contribution < 1.29 is 22.6 Å². The fraction of sp³-hybridized carbons (Fsp3) is 0.250. The number of hydrogen-bond acceptors (Lipinski definition) is 5. The van der Waals surface area contributed by atoms with Crippen molar-refractivity contribution in [1.82, 2.24) is 0 Å². The Morgan fingerprint density at radius 3 is 1.86 bits per heavy atom. The van der Waals surface area contributed by atoms with Crippen LogP contribution in [0.15, 0.2) is 46.2 Å². The van der Waals surface area contributed by atoms with E-state index in [2.05, 4.69) is 0 Å². The maximum Gasteiger partial charge on any atom is 0.210 e. The molecule has 0 saturated carbocycles. The van der Waals surface area contributed by atoms with Crippen LogP contribution >= 0.6 is 0 Å². The predicted octanol–water partition coefficient (Wildman–Crippen LogP) is 2.85. The number of hydrogen-bond donors (Lipinski definition) is 0. The van der Waals surface area contributed by atoms with E-state index in [1.54, 1.807) is 30.3 Å².